The number of aliphatic carboxylic acids is 1. The summed E-state index contributed by atoms with van der Waals surface area (Å²) >= 11 is 0. The molecule has 4 nitrogen and oxygen atoms in total. The molecule has 0 amide bonds. The van der Waals surface area contributed by atoms with Crippen LogP contribution in [-0.2, 0) is 9.53 Å². The normalized spacial score (nSPS) is 26.8. The number of carboxylic acid groups (broad SMARTS) is 1. The average molecular weight is 187 g/mol. The van der Waals surface area contributed by atoms with Crippen LogP contribution in [0.3, 0.4) is 0 Å². The molecule has 0 aliphatic heterocycles. The Morgan fingerprint density at radius 1 is 1.62 bits per heavy atom. The molecule has 0 bridgehead atoms. The van der Waals surface area contributed by atoms with Crippen LogP contribution in [-0.4, -0.2) is 36.9 Å². The van der Waals surface area contributed by atoms with Gasteiger partial charge in [0.05, 0.1) is 12.5 Å². The molecule has 2 N–H and O–H groups in total. The van der Waals surface area contributed by atoms with Crippen molar-refractivity contribution in [3.63, 3.8) is 0 Å². The summed E-state index contributed by atoms with van der Waals surface area (Å²) in [6, 6.07) is 0.165. The van der Waals surface area contributed by atoms with Crippen molar-refractivity contribution in [1.82, 2.24) is 5.32 Å². The molecule has 1 saturated carbocycles. The number of carboxylic acids is 1. The lowest BCUT2D eigenvalue weighted by atomic mass is 9.79. The summed E-state index contributed by atoms with van der Waals surface area (Å²) in [4.78, 5) is 10.6. The molecule has 76 valence electrons. The Hall–Kier alpha value is -0.610. The molecular weight excluding hydrogens is 170 g/mol. The van der Waals surface area contributed by atoms with Crippen molar-refractivity contribution in [2.75, 3.05) is 19.8 Å². The number of hydrogen-bond donors (Lipinski definition) is 2. The van der Waals surface area contributed by atoms with Crippen LogP contribution in [0, 0.1) is 5.92 Å². The molecule has 4 heteroatoms. The maximum Gasteiger partial charge on any atom is 0.308 e. The zero-order valence-electron chi connectivity index (χ0n) is 7.95. The van der Waals surface area contributed by atoms with Crippen molar-refractivity contribution in [2.45, 2.75) is 25.8 Å². The van der Waals surface area contributed by atoms with Crippen molar-refractivity contribution in [2.24, 2.45) is 5.92 Å². The maximum atomic E-state index is 10.6. The lowest BCUT2D eigenvalue weighted by Crippen LogP contribution is -2.48. The second-order valence-corrected chi connectivity index (χ2v) is 3.28. The van der Waals surface area contributed by atoms with Crippen molar-refractivity contribution in [3.05, 3.63) is 0 Å². The van der Waals surface area contributed by atoms with E-state index in [9.17, 15) is 4.79 Å². The van der Waals surface area contributed by atoms with E-state index >= 15 is 0 Å². The summed E-state index contributed by atoms with van der Waals surface area (Å²) in [6.45, 7) is 4.08. The minimum atomic E-state index is -0.680. The van der Waals surface area contributed by atoms with E-state index in [2.05, 4.69) is 5.32 Å². The second-order valence-electron chi connectivity index (χ2n) is 3.28. The first-order valence-electron chi connectivity index (χ1n) is 4.79. The third-order valence-electron chi connectivity index (χ3n) is 2.45. The van der Waals surface area contributed by atoms with Crippen LogP contribution in [0.4, 0.5) is 0 Å². The summed E-state index contributed by atoms with van der Waals surface area (Å²) in [5, 5.41) is 11.9. The van der Waals surface area contributed by atoms with Gasteiger partial charge in [-0.05, 0) is 19.8 Å². The highest BCUT2D eigenvalue weighted by Crippen LogP contribution is 2.27. The van der Waals surface area contributed by atoms with Gasteiger partial charge in [-0.15, -0.1) is 0 Å². The molecule has 2 unspecified atom stereocenters. The van der Waals surface area contributed by atoms with E-state index < -0.39 is 5.97 Å². The zero-order valence-corrected chi connectivity index (χ0v) is 7.95. The standard InChI is InChI=1S/C9H17NO3/c1-2-13-6-5-10-8-4-3-7(8)9(11)12/h7-8,10H,2-6H2,1H3,(H,11,12). The molecule has 1 rings (SSSR count). The van der Waals surface area contributed by atoms with Gasteiger partial charge in [0.15, 0.2) is 0 Å². The average Bonchev–Trinajstić information content (AvgIpc) is 2.01. The highest BCUT2D eigenvalue weighted by Gasteiger charge is 2.35. The highest BCUT2D eigenvalue weighted by atomic mass is 16.5. The van der Waals surface area contributed by atoms with Gasteiger partial charge in [-0.1, -0.05) is 0 Å². The van der Waals surface area contributed by atoms with E-state index in [1.54, 1.807) is 0 Å². The monoisotopic (exact) mass is 187 g/mol. The number of ether oxygens (including phenoxy) is 1. The zero-order chi connectivity index (χ0) is 9.68. The Balaban J connectivity index is 2.05. The van der Waals surface area contributed by atoms with E-state index in [0.29, 0.717) is 13.2 Å². The van der Waals surface area contributed by atoms with E-state index in [4.69, 9.17) is 9.84 Å². The van der Waals surface area contributed by atoms with Crippen LogP contribution in [0.25, 0.3) is 0 Å². The van der Waals surface area contributed by atoms with Gasteiger partial charge in [0.1, 0.15) is 0 Å². The van der Waals surface area contributed by atoms with Gasteiger partial charge in [0, 0.05) is 19.2 Å². The van der Waals surface area contributed by atoms with Gasteiger partial charge < -0.3 is 15.2 Å². The molecular formula is C9H17NO3. The molecule has 2 atom stereocenters. The summed E-state index contributed by atoms with van der Waals surface area (Å²) in [6.07, 6.45) is 1.78. The summed E-state index contributed by atoms with van der Waals surface area (Å²) in [5.74, 6) is -0.859. The van der Waals surface area contributed by atoms with Crippen LogP contribution in [0.2, 0.25) is 0 Å². The fraction of sp³-hybridized carbons (Fsp3) is 0.889. The largest absolute Gasteiger partial charge is 0.481 e. The first-order chi connectivity index (χ1) is 6.25. The van der Waals surface area contributed by atoms with Gasteiger partial charge in [0.25, 0.3) is 0 Å². The second kappa shape index (κ2) is 5.19. The molecule has 1 fully saturated rings. The third-order valence-corrected chi connectivity index (χ3v) is 2.45. The van der Waals surface area contributed by atoms with Crippen LogP contribution in [0.15, 0.2) is 0 Å². The first kappa shape index (κ1) is 10.5. The Morgan fingerprint density at radius 2 is 2.38 bits per heavy atom. The lowest BCUT2D eigenvalue weighted by molar-refractivity contribution is -0.146. The van der Waals surface area contributed by atoms with Crippen molar-refractivity contribution >= 4 is 5.97 Å². The fourth-order valence-electron chi connectivity index (χ4n) is 1.50. The molecule has 1 aliphatic carbocycles. The van der Waals surface area contributed by atoms with Crippen LogP contribution in [0.5, 0.6) is 0 Å². The quantitative estimate of drug-likeness (QED) is 0.594. The van der Waals surface area contributed by atoms with Gasteiger partial charge in [-0.3, -0.25) is 4.79 Å². The Labute approximate surface area is 78.3 Å². The van der Waals surface area contributed by atoms with Crippen molar-refractivity contribution < 1.29 is 14.6 Å². The molecule has 13 heavy (non-hydrogen) atoms. The van der Waals surface area contributed by atoms with E-state index in [0.717, 1.165) is 19.4 Å². The summed E-state index contributed by atoms with van der Waals surface area (Å²) in [7, 11) is 0. The SMILES string of the molecule is CCOCCNC1CCC1C(=O)O. The summed E-state index contributed by atoms with van der Waals surface area (Å²) in [5.41, 5.74) is 0. The number of hydrogen-bond acceptors (Lipinski definition) is 3. The fourth-order valence-corrected chi connectivity index (χ4v) is 1.50. The lowest BCUT2D eigenvalue weighted by Gasteiger charge is -2.34. The third kappa shape index (κ3) is 2.97. The van der Waals surface area contributed by atoms with Crippen LogP contribution < -0.4 is 5.32 Å². The Kier molecular flexibility index (Phi) is 4.18. The molecule has 1 aliphatic rings. The Morgan fingerprint density at radius 3 is 2.85 bits per heavy atom. The minimum Gasteiger partial charge on any atom is -0.481 e. The first-order valence-corrected chi connectivity index (χ1v) is 4.79. The predicted octanol–water partition coefficient (Wildman–Crippen LogP) is 0.476. The van der Waals surface area contributed by atoms with E-state index in [1.165, 1.54) is 0 Å². The smallest absolute Gasteiger partial charge is 0.308 e. The number of carbonyl (C=O) groups is 1. The van der Waals surface area contributed by atoms with Gasteiger partial charge in [0.2, 0.25) is 0 Å². The topological polar surface area (TPSA) is 58.6 Å². The predicted molar refractivity (Wildman–Crippen MR) is 48.6 cm³/mol. The number of rotatable bonds is 6. The summed E-state index contributed by atoms with van der Waals surface area (Å²) < 4.78 is 5.14. The number of nitrogens with one attached hydrogen (secondary N) is 1. The van der Waals surface area contributed by atoms with E-state index in [1.807, 2.05) is 6.92 Å². The molecule has 0 spiro atoms. The molecule has 0 aromatic rings. The van der Waals surface area contributed by atoms with Crippen LogP contribution in [0.1, 0.15) is 19.8 Å². The molecule has 0 saturated heterocycles. The van der Waals surface area contributed by atoms with E-state index in [-0.39, 0.29) is 12.0 Å². The van der Waals surface area contributed by atoms with Gasteiger partial charge >= 0.3 is 5.97 Å². The van der Waals surface area contributed by atoms with Gasteiger partial charge in [-0.25, -0.2) is 0 Å². The van der Waals surface area contributed by atoms with Crippen LogP contribution >= 0.6 is 0 Å². The van der Waals surface area contributed by atoms with Gasteiger partial charge in [-0.2, -0.15) is 0 Å². The molecule has 0 aromatic carbocycles. The maximum absolute atomic E-state index is 10.6. The Bertz CT molecular complexity index is 172. The molecule has 0 aromatic heterocycles. The molecule has 0 heterocycles. The minimum absolute atomic E-state index is 0.165. The van der Waals surface area contributed by atoms with Crippen molar-refractivity contribution in [1.29, 1.82) is 0 Å². The van der Waals surface area contributed by atoms with Crippen molar-refractivity contribution in [3.8, 4) is 0 Å². The molecule has 0 radical (unpaired) electrons. The highest BCUT2D eigenvalue weighted by molar-refractivity contribution is 5.72.